The Labute approximate surface area is 237 Å². The number of rotatable bonds is 5. The molecule has 5 rings (SSSR count). The van der Waals surface area contributed by atoms with Crippen molar-refractivity contribution >= 4 is 18.3 Å². The number of hydrogen-bond acceptors (Lipinski definition) is 8. The lowest BCUT2D eigenvalue weighted by Gasteiger charge is -2.49. The summed E-state index contributed by atoms with van der Waals surface area (Å²) in [5, 5.41) is 3.06. The van der Waals surface area contributed by atoms with E-state index in [1.165, 1.54) is 12.6 Å². The number of aliphatic imine (C=N–C) groups is 2. The van der Waals surface area contributed by atoms with Crippen molar-refractivity contribution in [3.05, 3.63) is 0 Å². The third kappa shape index (κ3) is 6.75. The van der Waals surface area contributed by atoms with Gasteiger partial charge in [0.05, 0.1) is 49.0 Å². The zero-order valence-electron chi connectivity index (χ0n) is 24.0. The molecule has 3 fully saturated rings. The first kappa shape index (κ1) is 29.9. The lowest BCUT2D eigenvalue weighted by molar-refractivity contribution is -0.138. The van der Waals surface area contributed by atoms with Gasteiger partial charge in [0, 0.05) is 38.6 Å². The van der Waals surface area contributed by atoms with Gasteiger partial charge in [-0.2, -0.15) is 0 Å². The van der Waals surface area contributed by atoms with Crippen LogP contribution < -0.4 is 16.8 Å². The van der Waals surface area contributed by atoms with E-state index in [2.05, 4.69) is 32.1 Å². The Hall–Kier alpha value is -1.53. The lowest BCUT2D eigenvalue weighted by Crippen LogP contribution is -2.65. The standard InChI is InChI=1S/C29H49F2N7O2/c1-37-13-14-40-29(19-37)9-11-38(12-10-29)25-21(31)17-34-18-23(25)36-27(39)24(26(32)33)22-15-28(6-3-2-4-7-28)8-5-20(30)16-35-22/h16,18,20-26H,2-15,17,19,32-33H2,1H3,(H,36,39). The average molecular weight is 566 g/mol. The van der Waals surface area contributed by atoms with Gasteiger partial charge in [0.25, 0.3) is 0 Å². The Morgan fingerprint density at radius 3 is 2.52 bits per heavy atom. The number of carbonyl (C=O) groups is 1. The van der Waals surface area contributed by atoms with Crippen molar-refractivity contribution < 1.29 is 18.3 Å². The van der Waals surface area contributed by atoms with Gasteiger partial charge in [0.2, 0.25) is 5.91 Å². The molecule has 4 aliphatic heterocycles. The zero-order chi connectivity index (χ0) is 28.3. The van der Waals surface area contributed by atoms with E-state index in [-0.39, 0.29) is 23.5 Å². The fraction of sp³-hybridized carbons (Fsp3) is 0.897. The Morgan fingerprint density at radius 2 is 1.82 bits per heavy atom. The molecule has 11 heteroatoms. The Balaban J connectivity index is 1.30. The first-order chi connectivity index (χ1) is 19.2. The van der Waals surface area contributed by atoms with Crippen LogP contribution >= 0.6 is 0 Å². The second kappa shape index (κ2) is 12.8. The predicted molar refractivity (Wildman–Crippen MR) is 153 cm³/mol. The summed E-state index contributed by atoms with van der Waals surface area (Å²) in [7, 11) is 2.11. The van der Waals surface area contributed by atoms with Crippen molar-refractivity contribution in [3.63, 3.8) is 0 Å². The molecule has 226 valence electrons. The monoisotopic (exact) mass is 565 g/mol. The highest BCUT2D eigenvalue weighted by atomic mass is 19.1. The minimum Gasteiger partial charge on any atom is -0.372 e. The van der Waals surface area contributed by atoms with E-state index in [1.54, 1.807) is 6.21 Å². The largest absolute Gasteiger partial charge is 0.372 e. The summed E-state index contributed by atoms with van der Waals surface area (Å²) < 4.78 is 36.3. The summed E-state index contributed by atoms with van der Waals surface area (Å²) in [6.07, 6.45) is 8.62. The Morgan fingerprint density at radius 1 is 1.07 bits per heavy atom. The normalized spacial score (nSPS) is 35.9. The summed E-state index contributed by atoms with van der Waals surface area (Å²) in [6.45, 7) is 3.97. The molecule has 0 aromatic heterocycles. The van der Waals surface area contributed by atoms with Gasteiger partial charge >= 0.3 is 0 Å². The van der Waals surface area contributed by atoms with E-state index in [1.807, 2.05) is 0 Å². The van der Waals surface area contributed by atoms with Crippen molar-refractivity contribution in [2.45, 2.75) is 106 Å². The molecular weight excluding hydrogens is 516 g/mol. The third-order valence-corrected chi connectivity index (χ3v) is 10.2. The second-order valence-corrected chi connectivity index (χ2v) is 13.1. The van der Waals surface area contributed by atoms with Crippen LogP contribution in [0.1, 0.15) is 64.2 Å². The molecule has 5 aliphatic rings. The molecule has 1 saturated carbocycles. The first-order valence-electron chi connectivity index (χ1n) is 15.4. The number of hydrogen-bond donors (Lipinski definition) is 3. The molecule has 2 spiro atoms. The number of amides is 1. The van der Waals surface area contributed by atoms with Crippen LogP contribution in [0.5, 0.6) is 0 Å². The maximum atomic E-state index is 15.5. The molecule has 5 N–H and O–H groups in total. The van der Waals surface area contributed by atoms with E-state index in [0.29, 0.717) is 32.5 Å². The predicted octanol–water partition coefficient (Wildman–Crippen LogP) is 1.83. The van der Waals surface area contributed by atoms with Crippen LogP contribution in [0.4, 0.5) is 8.78 Å². The number of morpholine rings is 1. The van der Waals surface area contributed by atoms with Crippen LogP contribution in [-0.2, 0) is 9.53 Å². The number of nitrogens with zero attached hydrogens (tertiary/aromatic N) is 4. The quantitative estimate of drug-likeness (QED) is 0.438. The summed E-state index contributed by atoms with van der Waals surface area (Å²) in [6, 6.07) is -1.67. The van der Waals surface area contributed by atoms with Crippen LogP contribution in [0.2, 0.25) is 0 Å². The van der Waals surface area contributed by atoms with E-state index >= 15 is 4.39 Å². The fourth-order valence-corrected chi connectivity index (χ4v) is 8.00. The van der Waals surface area contributed by atoms with Gasteiger partial charge in [0.1, 0.15) is 12.3 Å². The van der Waals surface area contributed by atoms with E-state index in [9.17, 15) is 9.18 Å². The maximum absolute atomic E-state index is 15.5. The number of ether oxygens (including phenoxy) is 1. The third-order valence-electron chi connectivity index (χ3n) is 10.2. The van der Waals surface area contributed by atoms with Gasteiger partial charge in [0.15, 0.2) is 0 Å². The minimum absolute atomic E-state index is 0.0453. The minimum atomic E-state index is -1.21. The van der Waals surface area contributed by atoms with Crippen molar-refractivity contribution in [2.75, 3.05) is 46.4 Å². The number of nitrogens with two attached hydrogens (primary N) is 2. The molecule has 6 unspecified atom stereocenters. The molecule has 1 amide bonds. The Kier molecular flexibility index (Phi) is 9.56. The number of piperidine rings is 1. The smallest absolute Gasteiger partial charge is 0.228 e. The fourth-order valence-electron chi connectivity index (χ4n) is 8.00. The van der Waals surface area contributed by atoms with Crippen LogP contribution in [0, 0.1) is 11.3 Å². The number of alkyl halides is 2. The summed E-state index contributed by atoms with van der Waals surface area (Å²) in [5.74, 6) is -1.20. The van der Waals surface area contributed by atoms with Gasteiger partial charge in [-0.3, -0.25) is 19.7 Å². The number of carbonyl (C=O) groups excluding carboxylic acids is 1. The van der Waals surface area contributed by atoms with Gasteiger partial charge < -0.3 is 26.4 Å². The summed E-state index contributed by atoms with van der Waals surface area (Å²) in [4.78, 5) is 27.1. The number of likely N-dealkylation sites (N-methyl/N-ethyl adjacent to an activating group) is 1. The SMILES string of the molecule is CN1CCOC2(CCN(C3C(F)CN=CC3NC(=O)C(C(N)N)C3CC4(CCCCC4)CCC(F)C=N3)CC2)C1. The first-order valence-corrected chi connectivity index (χ1v) is 15.4. The van der Waals surface area contributed by atoms with Gasteiger partial charge in [-0.15, -0.1) is 0 Å². The van der Waals surface area contributed by atoms with Crippen molar-refractivity contribution in [2.24, 2.45) is 32.8 Å². The maximum Gasteiger partial charge on any atom is 0.228 e. The molecule has 0 radical (unpaired) electrons. The van der Waals surface area contributed by atoms with E-state index in [0.717, 1.165) is 58.0 Å². The van der Waals surface area contributed by atoms with Gasteiger partial charge in [-0.1, -0.05) is 19.3 Å². The summed E-state index contributed by atoms with van der Waals surface area (Å²) in [5.41, 5.74) is 12.2. The second-order valence-electron chi connectivity index (χ2n) is 13.1. The molecule has 0 aromatic carbocycles. The zero-order valence-corrected chi connectivity index (χ0v) is 24.0. The topological polar surface area (TPSA) is 122 Å². The molecule has 0 aromatic rings. The van der Waals surface area contributed by atoms with Crippen molar-refractivity contribution in [1.29, 1.82) is 0 Å². The van der Waals surface area contributed by atoms with Crippen LogP contribution in [0.3, 0.4) is 0 Å². The molecule has 9 nitrogen and oxygen atoms in total. The van der Waals surface area contributed by atoms with Gasteiger partial charge in [-0.05, 0) is 57.4 Å². The van der Waals surface area contributed by atoms with Crippen LogP contribution in [0.15, 0.2) is 9.98 Å². The highest BCUT2D eigenvalue weighted by Crippen LogP contribution is 2.46. The van der Waals surface area contributed by atoms with Crippen LogP contribution in [-0.4, -0.2) is 117 Å². The highest BCUT2D eigenvalue weighted by molar-refractivity contribution is 5.84. The molecule has 40 heavy (non-hydrogen) atoms. The molecule has 0 bridgehead atoms. The van der Waals surface area contributed by atoms with Crippen molar-refractivity contribution in [3.8, 4) is 0 Å². The molecule has 2 saturated heterocycles. The molecule has 4 heterocycles. The van der Waals surface area contributed by atoms with Crippen molar-refractivity contribution in [1.82, 2.24) is 15.1 Å². The highest BCUT2D eigenvalue weighted by Gasteiger charge is 2.46. The average Bonchev–Trinajstić information content (AvgIpc) is 2.91. The van der Waals surface area contributed by atoms with E-state index in [4.69, 9.17) is 16.2 Å². The number of halogens is 2. The number of likely N-dealkylation sites (tertiary alicyclic amines) is 1. The molecule has 6 atom stereocenters. The van der Waals surface area contributed by atoms with E-state index < -0.39 is 42.6 Å². The Bertz CT molecular complexity index is 920. The number of nitrogens with one attached hydrogen (secondary N) is 1. The molecular formula is C29H49F2N7O2. The lowest BCUT2D eigenvalue weighted by atomic mass is 9.65. The molecule has 1 aliphatic carbocycles. The van der Waals surface area contributed by atoms with Crippen LogP contribution in [0.25, 0.3) is 0 Å². The summed E-state index contributed by atoms with van der Waals surface area (Å²) >= 11 is 0. The van der Waals surface area contributed by atoms with Gasteiger partial charge in [-0.25, -0.2) is 8.78 Å².